The molecule has 0 spiro atoms. The zero-order chi connectivity index (χ0) is 11.8. The average molecular weight is 223 g/mol. The molecule has 1 rings (SSSR count). The minimum Gasteiger partial charge on any atom is -0.392 e. The number of hydrogen-bond acceptors (Lipinski definition) is 3. The van der Waals surface area contributed by atoms with E-state index in [1.165, 1.54) is 0 Å². The molecule has 0 fully saturated rings. The molecule has 1 aromatic carbocycles. The predicted molar refractivity (Wildman–Crippen MR) is 65.2 cm³/mol. The second kappa shape index (κ2) is 7.39. The SMILES string of the molecule is CCCC(O)CNCC(O)c1ccccc1. The van der Waals surface area contributed by atoms with E-state index in [0.29, 0.717) is 13.1 Å². The Morgan fingerprint density at radius 1 is 1.12 bits per heavy atom. The van der Waals surface area contributed by atoms with Crippen molar-refractivity contribution in [2.45, 2.75) is 32.0 Å². The van der Waals surface area contributed by atoms with Crippen molar-refractivity contribution >= 4 is 0 Å². The Balaban J connectivity index is 2.23. The Labute approximate surface area is 97.1 Å². The van der Waals surface area contributed by atoms with Crippen molar-refractivity contribution < 1.29 is 10.2 Å². The topological polar surface area (TPSA) is 52.5 Å². The molecule has 3 heteroatoms. The first-order valence-corrected chi connectivity index (χ1v) is 5.85. The fraction of sp³-hybridized carbons (Fsp3) is 0.538. The first-order chi connectivity index (χ1) is 7.74. The molecule has 3 N–H and O–H groups in total. The van der Waals surface area contributed by atoms with Crippen molar-refractivity contribution in [3.05, 3.63) is 35.9 Å². The van der Waals surface area contributed by atoms with Gasteiger partial charge in [0.05, 0.1) is 12.2 Å². The summed E-state index contributed by atoms with van der Waals surface area (Å²) in [5, 5.41) is 22.4. The van der Waals surface area contributed by atoms with Crippen LogP contribution in [0.5, 0.6) is 0 Å². The van der Waals surface area contributed by atoms with Crippen molar-refractivity contribution in [3.63, 3.8) is 0 Å². The van der Waals surface area contributed by atoms with Crippen LogP contribution in [0.25, 0.3) is 0 Å². The van der Waals surface area contributed by atoms with E-state index in [1.807, 2.05) is 37.3 Å². The van der Waals surface area contributed by atoms with Crippen molar-refractivity contribution in [2.75, 3.05) is 13.1 Å². The van der Waals surface area contributed by atoms with E-state index in [9.17, 15) is 10.2 Å². The van der Waals surface area contributed by atoms with E-state index in [4.69, 9.17) is 0 Å². The van der Waals surface area contributed by atoms with Crippen molar-refractivity contribution in [2.24, 2.45) is 0 Å². The molecule has 0 aliphatic carbocycles. The van der Waals surface area contributed by atoms with Gasteiger partial charge in [-0.1, -0.05) is 43.7 Å². The predicted octanol–water partition coefficient (Wildman–Crippen LogP) is 1.47. The van der Waals surface area contributed by atoms with Gasteiger partial charge in [-0.15, -0.1) is 0 Å². The monoisotopic (exact) mass is 223 g/mol. The summed E-state index contributed by atoms with van der Waals surface area (Å²) in [5.41, 5.74) is 0.903. The van der Waals surface area contributed by atoms with Crippen LogP contribution in [0.15, 0.2) is 30.3 Å². The first kappa shape index (κ1) is 13.2. The Morgan fingerprint density at radius 3 is 2.44 bits per heavy atom. The van der Waals surface area contributed by atoms with Gasteiger partial charge >= 0.3 is 0 Å². The highest BCUT2D eigenvalue weighted by atomic mass is 16.3. The molecule has 90 valence electrons. The molecule has 0 aliphatic heterocycles. The maximum absolute atomic E-state index is 9.82. The molecule has 0 amide bonds. The van der Waals surface area contributed by atoms with Gasteiger partial charge in [0, 0.05) is 13.1 Å². The van der Waals surface area contributed by atoms with E-state index in [-0.39, 0.29) is 6.10 Å². The zero-order valence-corrected chi connectivity index (χ0v) is 9.76. The largest absolute Gasteiger partial charge is 0.392 e. The molecule has 16 heavy (non-hydrogen) atoms. The van der Waals surface area contributed by atoms with E-state index >= 15 is 0 Å². The van der Waals surface area contributed by atoms with Gasteiger partial charge < -0.3 is 15.5 Å². The first-order valence-electron chi connectivity index (χ1n) is 5.85. The van der Waals surface area contributed by atoms with Crippen LogP contribution >= 0.6 is 0 Å². The molecule has 0 saturated carbocycles. The molecule has 0 radical (unpaired) electrons. The molecular formula is C13H21NO2. The lowest BCUT2D eigenvalue weighted by Gasteiger charge is -2.14. The van der Waals surface area contributed by atoms with Crippen molar-refractivity contribution in [3.8, 4) is 0 Å². The number of rotatable bonds is 7. The molecular weight excluding hydrogens is 202 g/mol. The Hall–Kier alpha value is -0.900. The van der Waals surface area contributed by atoms with Crippen molar-refractivity contribution in [1.82, 2.24) is 5.32 Å². The third kappa shape index (κ3) is 4.75. The highest BCUT2D eigenvalue weighted by molar-refractivity contribution is 5.17. The smallest absolute Gasteiger partial charge is 0.0914 e. The summed E-state index contributed by atoms with van der Waals surface area (Å²) in [6, 6.07) is 9.53. The van der Waals surface area contributed by atoms with Crippen LogP contribution in [-0.2, 0) is 0 Å². The second-order valence-corrected chi connectivity index (χ2v) is 4.03. The standard InChI is InChI=1S/C13H21NO2/c1-2-6-12(15)9-14-10-13(16)11-7-4-3-5-8-11/h3-5,7-8,12-16H,2,6,9-10H2,1H3. The lowest BCUT2D eigenvalue weighted by atomic mass is 10.1. The van der Waals surface area contributed by atoms with Crippen LogP contribution in [0, 0.1) is 0 Å². The van der Waals surface area contributed by atoms with Crippen LogP contribution in [0.4, 0.5) is 0 Å². The zero-order valence-electron chi connectivity index (χ0n) is 9.76. The Kier molecular flexibility index (Phi) is 6.08. The fourth-order valence-corrected chi connectivity index (χ4v) is 1.61. The van der Waals surface area contributed by atoms with Gasteiger partial charge in [-0.25, -0.2) is 0 Å². The van der Waals surface area contributed by atoms with E-state index in [1.54, 1.807) is 0 Å². The number of nitrogens with one attached hydrogen (secondary N) is 1. The number of hydrogen-bond donors (Lipinski definition) is 3. The van der Waals surface area contributed by atoms with Gasteiger partial charge in [0.15, 0.2) is 0 Å². The normalized spacial score (nSPS) is 14.7. The molecule has 0 aliphatic rings. The highest BCUT2D eigenvalue weighted by Crippen LogP contribution is 2.10. The maximum Gasteiger partial charge on any atom is 0.0914 e. The Morgan fingerprint density at radius 2 is 1.81 bits per heavy atom. The quantitative estimate of drug-likeness (QED) is 0.656. The third-order valence-electron chi connectivity index (χ3n) is 2.52. The lowest BCUT2D eigenvalue weighted by Crippen LogP contribution is -2.30. The van der Waals surface area contributed by atoms with Crippen LogP contribution in [0.1, 0.15) is 31.4 Å². The summed E-state index contributed by atoms with van der Waals surface area (Å²) >= 11 is 0. The van der Waals surface area contributed by atoms with Gasteiger partial charge in [0.2, 0.25) is 0 Å². The van der Waals surface area contributed by atoms with E-state index in [2.05, 4.69) is 5.32 Å². The number of benzene rings is 1. The molecule has 3 nitrogen and oxygen atoms in total. The molecule has 0 aromatic heterocycles. The van der Waals surface area contributed by atoms with Gasteiger partial charge in [-0.05, 0) is 12.0 Å². The summed E-state index contributed by atoms with van der Waals surface area (Å²) < 4.78 is 0. The van der Waals surface area contributed by atoms with Crippen LogP contribution < -0.4 is 5.32 Å². The van der Waals surface area contributed by atoms with Gasteiger partial charge in [-0.2, -0.15) is 0 Å². The second-order valence-electron chi connectivity index (χ2n) is 4.03. The van der Waals surface area contributed by atoms with Gasteiger partial charge in [0.1, 0.15) is 0 Å². The lowest BCUT2D eigenvalue weighted by molar-refractivity contribution is 0.140. The van der Waals surface area contributed by atoms with Crippen LogP contribution in [0.2, 0.25) is 0 Å². The van der Waals surface area contributed by atoms with E-state index < -0.39 is 6.10 Å². The minimum absolute atomic E-state index is 0.312. The number of aliphatic hydroxyl groups excluding tert-OH is 2. The summed E-state index contributed by atoms with van der Waals surface area (Å²) in [4.78, 5) is 0. The molecule has 0 heterocycles. The average Bonchev–Trinajstić information content (AvgIpc) is 2.30. The summed E-state index contributed by atoms with van der Waals surface area (Å²) in [6.07, 6.45) is 0.960. The van der Waals surface area contributed by atoms with Crippen LogP contribution in [-0.4, -0.2) is 29.4 Å². The summed E-state index contributed by atoms with van der Waals surface area (Å²) in [5.74, 6) is 0. The van der Waals surface area contributed by atoms with Crippen LogP contribution in [0.3, 0.4) is 0 Å². The maximum atomic E-state index is 9.82. The van der Waals surface area contributed by atoms with Crippen molar-refractivity contribution in [1.29, 1.82) is 0 Å². The third-order valence-corrected chi connectivity index (χ3v) is 2.52. The van der Waals surface area contributed by atoms with E-state index in [0.717, 1.165) is 18.4 Å². The molecule has 2 unspecified atom stereocenters. The summed E-state index contributed by atoms with van der Waals surface area (Å²) in [6.45, 7) is 3.06. The summed E-state index contributed by atoms with van der Waals surface area (Å²) in [7, 11) is 0. The molecule has 0 saturated heterocycles. The highest BCUT2D eigenvalue weighted by Gasteiger charge is 2.07. The van der Waals surface area contributed by atoms with Gasteiger partial charge in [-0.3, -0.25) is 0 Å². The Bertz CT molecular complexity index is 277. The fourth-order valence-electron chi connectivity index (χ4n) is 1.61. The minimum atomic E-state index is -0.505. The number of aliphatic hydroxyl groups is 2. The molecule has 0 bridgehead atoms. The molecule has 1 aromatic rings. The molecule has 2 atom stereocenters. The van der Waals surface area contributed by atoms with Gasteiger partial charge in [0.25, 0.3) is 0 Å².